The zero-order chi connectivity index (χ0) is 15.9. The van der Waals surface area contributed by atoms with Crippen LogP contribution in [0.15, 0.2) is 24.3 Å². The summed E-state index contributed by atoms with van der Waals surface area (Å²) in [4.78, 5) is 19.9. The van der Waals surface area contributed by atoms with Gasteiger partial charge < -0.3 is 20.4 Å². The molecule has 0 unspecified atom stereocenters. The van der Waals surface area contributed by atoms with E-state index in [2.05, 4.69) is 34.4 Å². The molecule has 22 heavy (non-hydrogen) atoms. The smallest absolute Gasteiger partial charge is 0.315 e. The predicted octanol–water partition coefficient (Wildman–Crippen LogP) is 2.60. The van der Waals surface area contributed by atoms with Gasteiger partial charge in [0.15, 0.2) is 0 Å². The van der Waals surface area contributed by atoms with Gasteiger partial charge in [0.25, 0.3) is 0 Å². The number of carbonyl (C=O) groups is 1. The van der Waals surface area contributed by atoms with Crippen LogP contribution < -0.4 is 10.6 Å². The summed E-state index contributed by atoms with van der Waals surface area (Å²) < 4.78 is 4.93. The first-order valence-corrected chi connectivity index (χ1v) is 7.58. The minimum Gasteiger partial charge on any atom is -0.383 e. The Kier molecular flexibility index (Phi) is 5.77. The Bertz CT molecular complexity index is 576. The standard InChI is InChI=1S/C16H24N4O2/c1-11(2)10-14(20-16(21)17-8-9-22-3)15-18-12-6-4-5-7-13(12)19-15/h4-7,11,14H,8-10H2,1-3H3,(H,18,19)(H2,17,20,21)/t14-/m1/s1. The van der Waals surface area contributed by atoms with Crippen LogP contribution in [0.2, 0.25) is 0 Å². The average molecular weight is 304 g/mol. The number of ether oxygens (including phenoxy) is 1. The van der Waals surface area contributed by atoms with Crippen molar-refractivity contribution in [3.8, 4) is 0 Å². The third kappa shape index (κ3) is 4.46. The molecule has 0 spiro atoms. The molecule has 0 bridgehead atoms. The van der Waals surface area contributed by atoms with Crippen LogP contribution in [0.1, 0.15) is 32.1 Å². The Labute approximate surface area is 130 Å². The van der Waals surface area contributed by atoms with Crippen LogP contribution in [0, 0.1) is 5.92 Å². The molecule has 0 saturated heterocycles. The topological polar surface area (TPSA) is 79.0 Å². The molecule has 0 saturated carbocycles. The van der Waals surface area contributed by atoms with E-state index in [4.69, 9.17) is 4.74 Å². The summed E-state index contributed by atoms with van der Waals surface area (Å²) in [6.45, 7) is 5.23. The van der Waals surface area contributed by atoms with Gasteiger partial charge in [-0.1, -0.05) is 26.0 Å². The second kappa shape index (κ2) is 7.79. The number of nitrogens with zero attached hydrogens (tertiary/aromatic N) is 1. The highest BCUT2D eigenvalue weighted by Gasteiger charge is 2.19. The Morgan fingerprint density at radius 2 is 2.14 bits per heavy atom. The highest BCUT2D eigenvalue weighted by Crippen LogP contribution is 2.21. The van der Waals surface area contributed by atoms with Gasteiger partial charge in [-0.15, -0.1) is 0 Å². The van der Waals surface area contributed by atoms with Crippen LogP contribution in [-0.2, 0) is 4.74 Å². The minimum absolute atomic E-state index is 0.144. The largest absolute Gasteiger partial charge is 0.383 e. The molecule has 6 nitrogen and oxygen atoms in total. The van der Waals surface area contributed by atoms with Crippen LogP contribution in [0.5, 0.6) is 0 Å². The number of imidazole rings is 1. The van der Waals surface area contributed by atoms with Gasteiger partial charge >= 0.3 is 6.03 Å². The van der Waals surface area contributed by atoms with E-state index in [0.717, 1.165) is 23.3 Å². The maximum Gasteiger partial charge on any atom is 0.315 e. The van der Waals surface area contributed by atoms with Gasteiger partial charge in [-0.3, -0.25) is 0 Å². The van der Waals surface area contributed by atoms with Crippen molar-refractivity contribution in [2.45, 2.75) is 26.3 Å². The second-order valence-corrected chi connectivity index (χ2v) is 5.71. The first-order valence-electron chi connectivity index (χ1n) is 7.58. The summed E-state index contributed by atoms with van der Waals surface area (Å²) in [7, 11) is 1.61. The van der Waals surface area contributed by atoms with Crippen LogP contribution in [0.4, 0.5) is 4.79 Å². The van der Waals surface area contributed by atoms with E-state index in [1.54, 1.807) is 7.11 Å². The van der Waals surface area contributed by atoms with Crippen molar-refractivity contribution in [3.05, 3.63) is 30.1 Å². The number of hydrogen-bond donors (Lipinski definition) is 3. The molecule has 0 aliphatic rings. The molecular weight excluding hydrogens is 280 g/mol. The summed E-state index contributed by atoms with van der Waals surface area (Å²) in [5, 5.41) is 5.76. The fourth-order valence-corrected chi connectivity index (χ4v) is 2.32. The molecule has 1 aromatic heterocycles. The molecule has 2 aromatic rings. The molecular formula is C16H24N4O2. The first kappa shape index (κ1) is 16.3. The first-order chi connectivity index (χ1) is 10.6. The molecule has 0 aliphatic carbocycles. The average Bonchev–Trinajstić information content (AvgIpc) is 2.90. The summed E-state index contributed by atoms with van der Waals surface area (Å²) in [6.07, 6.45) is 0.817. The number of fused-ring (bicyclic) bond motifs is 1. The lowest BCUT2D eigenvalue weighted by molar-refractivity contribution is 0.194. The van der Waals surface area contributed by atoms with Crippen molar-refractivity contribution >= 4 is 17.1 Å². The van der Waals surface area contributed by atoms with Gasteiger partial charge in [-0.2, -0.15) is 0 Å². The van der Waals surface area contributed by atoms with E-state index in [-0.39, 0.29) is 12.1 Å². The number of amides is 2. The fraction of sp³-hybridized carbons (Fsp3) is 0.500. The lowest BCUT2D eigenvalue weighted by atomic mass is 10.0. The third-order valence-corrected chi connectivity index (χ3v) is 3.34. The number of rotatable bonds is 7. The van der Waals surface area contributed by atoms with E-state index < -0.39 is 0 Å². The van der Waals surface area contributed by atoms with E-state index in [1.807, 2.05) is 24.3 Å². The van der Waals surface area contributed by atoms with E-state index in [1.165, 1.54) is 0 Å². The molecule has 6 heteroatoms. The molecule has 1 aromatic carbocycles. The molecule has 2 rings (SSSR count). The molecule has 2 amide bonds. The zero-order valence-corrected chi connectivity index (χ0v) is 13.3. The number of benzene rings is 1. The third-order valence-electron chi connectivity index (χ3n) is 3.34. The summed E-state index contributed by atoms with van der Waals surface area (Å²) in [6, 6.07) is 7.51. The summed E-state index contributed by atoms with van der Waals surface area (Å²) >= 11 is 0. The van der Waals surface area contributed by atoms with Crippen LogP contribution in [-0.4, -0.2) is 36.3 Å². The van der Waals surface area contributed by atoms with Gasteiger partial charge in [0, 0.05) is 13.7 Å². The van der Waals surface area contributed by atoms with Gasteiger partial charge in [0.1, 0.15) is 5.82 Å². The number of H-pyrrole nitrogens is 1. The normalized spacial score (nSPS) is 12.5. The number of urea groups is 1. The van der Waals surface area contributed by atoms with Gasteiger partial charge in [0.2, 0.25) is 0 Å². The molecule has 120 valence electrons. The van der Waals surface area contributed by atoms with Gasteiger partial charge in [-0.25, -0.2) is 9.78 Å². The van der Waals surface area contributed by atoms with Gasteiger partial charge in [-0.05, 0) is 24.5 Å². The Morgan fingerprint density at radius 3 is 2.82 bits per heavy atom. The lowest BCUT2D eigenvalue weighted by Gasteiger charge is -2.19. The van der Waals surface area contributed by atoms with E-state index in [9.17, 15) is 4.79 Å². The predicted molar refractivity (Wildman–Crippen MR) is 86.7 cm³/mol. The van der Waals surface area contributed by atoms with Crippen LogP contribution in [0.25, 0.3) is 11.0 Å². The number of methoxy groups -OCH3 is 1. The summed E-state index contributed by atoms with van der Waals surface area (Å²) in [5.74, 6) is 1.23. The molecule has 0 radical (unpaired) electrons. The lowest BCUT2D eigenvalue weighted by Crippen LogP contribution is -2.40. The highest BCUT2D eigenvalue weighted by atomic mass is 16.5. The molecule has 1 atom stereocenters. The van der Waals surface area contributed by atoms with Crippen molar-refractivity contribution in [1.29, 1.82) is 0 Å². The maximum atomic E-state index is 12.0. The number of carbonyl (C=O) groups excluding carboxylic acids is 1. The van der Waals surface area contributed by atoms with Gasteiger partial charge in [0.05, 0.1) is 23.7 Å². The molecule has 0 aliphatic heterocycles. The number of nitrogens with one attached hydrogen (secondary N) is 3. The summed E-state index contributed by atoms with van der Waals surface area (Å²) in [5.41, 5.74) is 1.89. The molecule has 3 N–H and O–H groups in total. The number of aromatic nitrogens is 2. The minimum atomic E-state index is -0.205. The Hall–Kier alpha value is -2.08. The fourth-order valence-electron chi connectivity index (χ4n) is 2.32. The number of aromatic amines is 1. The van der Waals surface area contributed by atoms with Crippen molar-refractivity contribution in [2.75, 3.05) is 20.3 Å². The second-order valence-electron chi connectivity index (χ2n) is 5.71. The number of hydrogen-bond acceptors (Lipinski definition) is 3. The molecule has 0 fully saturated rings. The van der Waals surface area contributed by atoms with E-state index in [0.29, 0.717) is 19.1 Å². The van der Waals surface area contributed by atoms with Crippen LogP contribution >= 0.6 is 0 Å². The SMILES string of the molecule is COCCNC(=O)N[C@H](CC(C)C)c1nc2ccccc2[nH]1. The van der Waals surface area contributed by atoms with Crippen molar-refractivity contribution in [2.24, 2.45) is 5.92 Å². The van der Waals surface area contributed by atoms with Crippen molar-refractivity contribution < 1.29 is 9.53 Å². The Morgan fingerprint density at radius 1 is 1.36 bits per heavy atom. The molecule has 1 heterocycles. The Balaban J connectivity index is 2.09. The zero-order valence-electron chi connectivity index (χ0n) is 13.3. The van der Waals surface area contributed by atoms with Crippen molar-refractivity contribution in [1.82, 2.24) is 20.6 Å². The monoisotopic (exact) mass is 304 g/mol. The maximum absolute atomic E-state index is 12.0. The number of para-hydroxylation sites is 2. The van der Waals surface area contributed by atoms with Crippen LogP contribution in [0.3, 0.4) is 0 Å². The van der Waals surface area contributed by atoms with E-state index >= 15 is 0 Å². The quantitative estimate of drug-likeness (QED) is 0.688. The van der Waals surface area contributed by atoms with Crippen molar-refractivity contribution in [3.63, 3.8) is 0 Å². The highest BCUT2D eigenvalue weighted by molar-refractivity contribution is 5.76.